The molecule has 1 N–H and O–H groups in total. The largest absolute Gasteiger partial charge is 0.497 e. The molecule has 0 spiro atoms. The summed E-state index contributed by atoms with van der Waals surface area (Å²) in [6.07, 6.45) is 1.79. The maximum absolute atomic E-state index is 5.31. The molecule has 1 fully saturated rings. The molecule has 0 bridgehead atoms. The third kappa shape index (κ3) is 4.59. The van der Waals surface area contributed by atoms with Crippen molar-refractivity contribution in [1.29, 1.82) is 0 Å². The van der Waals surface area contributed by atoms with E-state index in [1.165, 1.54) is 5.56 Å². The van der Waals surface area contributed by atoms with Gasteiger partial charge in [0.25, 0.3) is 0 Å². The molecule has 4 aromatic rings. The first-order valence-electron chi connectivity index (χ1n) is 11.3. The van der Waals surface area contributed by atoms with Gasteiger partial charge >= 0.3 is 0 Å². The van der Waals surface area contributed by atoms with E-state index >= 15 is 0 Å². The van der Waals surface area contributed by atoms with Crippen LogP contribution in [0.1, 0.15) is 24.2 Å². The van der Waals surface area contributed by atoms with Gasteiger partial charge in [-0.3, -0.25) is 4.90 Å². The Bertz CT molecular complexity index is 1150. The highest BCUT2D eigenvalue weighted by Gasteiger charge is 2.41. The summed E-state index contributed by atoms with van der Waals surface area (Å²) in [4.78, 5) is 2.50. The fourth-order valence-corrected chi connectivity index (χ4v) is 4.52. The molecule has 1 aliphatic rings. The number of tetrazole rings is 1. The fourth-order valence-electron chi connectivity index (χ4n) is 4.52. The number of hydrogen-bond donors (Lipinski definition) is 1. The lowest BCUT2D eigenvalue weighted by Crippen LogP contribution is -2.48. The molecule has 0 aliphatic carbocycles. The summed E-state index contributed by atoms with van der Waals surface area (Å²) in [6.45, 7) is 2.85. The molecule has 2 heterocycles. The zero-order chi connectivity index (χ0) is 22.5. The third-order valence-electron chi connectivity index (χ3n) is 6.33. The smallest absolute Gasteiger partial charge is 0.182 e. The average molecular weight is 441 g/mol. The average Bonchev–Trinajstić information content (AvgIpc) is 3.38. The number of nitrogens with zero attached hydrogens (tertiary/aromatic N) is 5. The standard InChI is InChI=1S/C26H28N6O/c1-33-24-14-12-23(13-15-24)32-25(28-29-30-32)26(27-22-10-6-3-7-11-22)16-18-31(19-17-26)20-21-8-4-2-5-9-21/h2-15,27H,16-20H2,1H3. The van der Waals surface area contributed by atoms with Crippen LogP contribution in [-0.2, 0) is 12.1 Å². The van der Waals surface area contributed by atoms with Crippen molar-refractivity contribution < 1.29 is 4.74 Å². The van der Waals surface area contributed by atoms with Crippen molar-refractivity contribution in [3.63, 3.8) is 0 Å². The first kappa shape index (κ1) is 21.2. The van der Waals surface area contributed by atoms with E-state index in [1.54, 1.807) is 7.11 Å². The first-order valence-corrected chi connectivity index (χ1v) is 11.3. The van der Waals surface area contributed by atoms with Gasteiger partial charge in [0.05, 0.1) is 12.8 Å². The number of ether oxygens (including phenoxy) is 1. The molecule has 1 aromatic heterocycles. The van der Waals surface area contributed by atoms with E-state index in [-0.39, 0.29) is 5.54 Å². The van der Waals surface area contributed by atoms with Gasteiger partial charge in [-0.15, -0.1) is 5.10 Å². The predicted octanol–water partition coefficient (Wildman–Crippen LogP) is 4.27. The molecular formula is C26H28N6O. The second-order valence-electron chi connectivity index (χ2n) is 8.45. The van der Waals surface area contributed by atoms with Crippen molar-refractivity contribution in [2.75, 3.05) is 25.5 Å². The van der Waals surface area contributed by atoms with E-state index in [4.69, 9.17) is 4.74 Å². The molecule has 0 radical (unpaired) electrons. The number of anilines is 1. The van der Waals surface area contributed by atoms with Gasteiger partial charge in [0.1, 0.15) is 11.3 Å². The summed E-state index contributed by atoms with van der Waals surface area (Å²) in [5.74, 6) is 1.63. The number of hydrogen-bond acceptors (Lipinski definition) is 6. The highest BCUT2D eigenvalue weighted by atomic mass is 16.5. The van der Waals surface area contributed by atoms with Gasteiger partial charge in [-0.25, -0.2) is 0 Å². The van der Waals surface area contributed by atoms with Crippen LogP contribution in [0.4, 0.5) is 5.69 Å². The zero-order valence-electron chi connectivity index (χ0n) is 18.8. The van der Waals surface area contributed by atoms with Gasteiger partial charge in [0.2, 0.25) is 0 Å². The minimum Gasteiger partial charge on any atom is -0.497 e. The molecule has 7 heteroatoms. The van der Waals surface area contributed by atoms with Gasteiger partial charge in [0.15, 0.2) is 5.82 Å². The van der Waals surface area contributed by atoms with Crippen LogP contribution in [0.2, 0.25) is 0 Å². The number of para-hydroxylation sites is 1. The van der Waals surface area contributed by atoms with Gasteiger partial charge in [-0.2, -0.15) is 4.68 Å². The van der Waals surface area contributed by atoms with Gasteiger partial charge < -0.3 is 10.1 Å². The lowest BCUT2D eigenvalue weighted by molar-refractivity contribution is 0.160. The van der Waals surface area contributed by atoms with Crippen LogP contribution in [-0.4, -0.2) is 45.3 Å². The van der Waals surface area contributed by atoms with Gasteiger partial charge in [0, 0.05) is 25.3 Å². The van der Waals surface area contributed by atoms with E-state index in [1.807, 2.05) is 47.1 Å². The van der Waals surface area contributed by atoms with Crippen LogP contribution >= 0.6 is 0 Å². The lowest BCUT2D eigenvalue weighted by atomic mass is 9.85. The van der Waals surface area contributed by atoms with E-state index in [0.29, 0.717) is 0 Å². The molecule has 0 unspecified atom stereocenters. The van der Waals surface area contributed by atoms with Crippen LogP contribution in [0.3, 0.4) is 0 Å². The minimum absolute atomic E-state index is 0.377. The maximum atomic E-state index is 5.31. The quantitative estimate of drug-likeness (QED) is 0.463. The van der Waals surface area contributed by atoms with E-state index in [2.05, 4.69) is 68.2 Å². The Morgan fingerprint density at radius 3 is 2.21 bits per heavy atom. The Morgan fingerprint density at radius 1 is 0.879 bits per heavy atom. The van der Waals surface area contributed by atoms with Crippen molar-refractivity contribution in [3.8, 4) is 11.4 Å². The molecule has 1 saturated heterocycles. The van der Waals surface area contributed by atoms with Crippen LogP contribution in [0.15, 0.2) is 84.9 Å². The monoisotopic (exact) mass is 440 g/mol. The van der Waals surface area contributed by atoms with E-state index in [0.717, 1.165) is 55.4 Å². The summed E-state index contributed by atoms with van der Waals surface area (Å²) >= 11 is 0. The van der Waals surface area contributed by atoms with Crippen LogP contribution in [0, 0.1) is 0 Å². The van der Waals surface area contributed by atoms with Crippen molar-refractivity contribution in [3.05, 3.63) is 96.3 Å². The second kappa shape index (κ2) is 9.42. The van der Waals surface area contributed by atoms with Crippen LogP contribution in [0.25, 0.3) is 5.69 Å². The van der Waals surface area contributed by atoms with Crippen molar-refractivity contribution in [2.45, 2.75) is 24.9 Å². The SMILES string of the molecule is COc1ccc(-n2nnnc2C2(Nc3ccccc3)CCN(Cc3ccccc3)CC2)cc1. The molecule has 1 aliphatic heterocycles. The summed E-state index contributed by atoms with van der Waals surface area (Å²) in [6, 6.07) is 28.8. The molecule has 0 saturated carbocycles. The van der Waals surface area contributed by atoms with Crippen LogP contribution < -0.4 is 10.1 Å². The predicted molar refractivity (Wildman–Crippen MR) is 128 cm³/mol. The molecule has 168 valence electrons. The summed E-state index contributed by atoms with van der Waals surface area (Å²) in [5.41, 5.74) is 2.94. The number of rotatable bonds is 7. The number of methoxy groups -OCH3 is 1. The van der Waals surface area contributed by atoms with E-state index < -0.39 is 0 Å². The zero-order valence-corrected chi connectivity index (χ0v) is 18.8. The van der Waals surface area contributed by atoms with Crippen LogP contribution in [0.5, 0.6) is 5.75 Å². The Hall–Kier alpha value is -3.71. The van der Waals surface area contributed by atoms with Gasteiger partial charge in [-0.05, 0) is 65.2 Å². The Labute approximate surface area is 194 Å². The Kier molecular flexibility index (Phi) is 6.04. The van der Waals surface area contributed by atoms with Gasteiger partial charge in [-0.1, -0.05) is 48.5 Å². The lowest BCUT2D eigenvalue weighted by Gasteiger charge is -2.42. The normalized spacial score (nSPS) is 15.8. The molecule has 0 amide bonds. The summed E-state index contributed by atoms with van der Waals surface area (Å²) < 4.78 is 7.16. The molecule has 33 heavy (non-hydrogen) atoms. The highest BCUT2D eigenvalue weighted by Crippen LogP contribution is 2.36. The maximum Gasteiger partial charge on any atom is 0.182 e. The van der Waals surface area contributed by atoms with Crippen molar-refractivity contribution >= 4 is 5.69 Å². The topological polar surface area (TPSA) is 68.1 Å². The highest BCUT2D eigenvalue weighted by molar-refractivity contribution is 5.47. The van der Waals surface area contributed by atoms with E-state index in [9.17, 15) is 0 Å². The number of likely N-dealkylation sites (tertiary alicyclic amines) is 1. The van der Waals surface area contributed by atoms with Crippen molar-refractivity contribution in [2.24, 2.45) is 0 Å². The molecule has 3 aromatic carbocycles. The number of piperidine rings is 1. The number of aromatic nitrogens is 4. The number of benzene rings is 3. The Morgan fingerprint density at radius 2 is 1.55 bits per heavy atom. The number of nitrogens with one attached hydrogen (secondary N) is 1. The Balaban J connectivity index is 1.44. The first-order chi connectivity index (χ1) is 16.3. The molecule has 0 atom stereocenters. The fraction of sp³-hybridized carbons (Fsp3) is 0.269. The minimum atomic E-state index is -0.377. The molecule has 7 nitrogen and oxygen atoms in total. The third-order valence-corrected chi connectivity index (χ3v) is 6.33. The molecular weight excluding hydrogens is 412 g/mol. The van der Waals surface area contributed by atoms with Crippen molar-refractivity contribution in [1.82, 2.24) is 25.1 Å². The summed E-state index contributed by atoms with van der Waals surface area (Å²) in [5, 5.41) is 16.7. The second-order valence-corrected chi connectivity index (χ2v) is 8.45. The summed E-state index contributed by atoms with van der Waals surface area (Å²) in [7, 11) is 1.67. The molecule has 5 rings (SSSR count).